The summed E-state index contributed by atoms with van der Waals surface area (Å²) in [5.41, 5.74) is 1.88. The summed E-state index contributed by atoms with van der Waals surface area (Å²) in [5, 5.41) is 18.3. The minimum absolute atomic E-state index is 0. The monoisotopic (exact) mass is 656 g/mol. The molecule has 2 rings (SSSR count). The SMILES string of the molecule is CCOP(=O)(COc1ccc(/C(C)=N/O)cc1)OCC.CCOP(=O)(COc1ccc(C(C)=O)cc1)OCC.Cl.NO. The molecule has 2 aromatic rings. The molecule has 0 heterocycles. The number of carbonyl (C=O) groups is 1. The van der Waals surface area contributed by atoms with Crippen LogP contribution in [-0.4, -0.2) is 61.0 Å². The quantitative estimate of drug-likeness (QED) is 0.0569. The fourth-order valence-corrected chi connectivity index (χ4v) is 5.59. The van der Waals surface area contributed by atoms with E-state index in [2.05, 4.69) is 11.1 Å². The number of halogens is 1. The van der Waals surface area contributed by atoms with Crippen LogP contribution >= 0.6 is 27.6 Å². The summed E-state index contributed by atoms with van der Waals surface area (Å²) >= 11 is 0. The molecular weight excluding hydrogens is 614 g/mol. The van der Waals surface area contributed by atoms with E-state index in [1.807, 2.05) is 0 Å². The smallest absolute Gasteiger partial charge is 0.367 e. The van der Waals surface area contributed by atoms with Crippen LogP contribution in [-0.2, 0) is 27.2 Å². The number of carbonyl (C=O) groups excluding carboxylic acids is 1. The average Bonchev–Trinajstić information content (AvgIpc) is 2.97. The van der Waals surface area contributed by atoms with Gasteiger partial charge in [0, 0.05) is 5.56 Å². The number of hydrogen-bond acceptors (Lipinski definition) is 13. The van der Waals surface area contributed by atoms with E-state index in [0.717, 1.165) is 5.56 Å². The van der Waals surface area contributed by atoms with Gasteiger partial charge in [0.05, 0.1) is 32.1 Å². The topological polar surface area (TPSA) is 185 Å². The summed E-state index contributed by atoms with van der Waals surface area (Å²) in [6.07, 6.45) is -0.283. The van der Waals surface area contributed by atoms with Crippen LogP contribution in [0.3, 0.4) is 0 Å². The molecule has 0 fully saturated rings. The molecule has 0 saturated heterocycles. The molecule has 0 amide bonds. The Morgan fingerprint density at radius 1 is 0.690 bits per heavy atom. The highest BCUT2D eigenvalue weighted by atomic mass is 35.5. The second-order valence-electron chi connectivity index (χ2n) is 7.73. The van der Waals surface area contributed by atoms with Gasteiger partial charge in [-0.25, -0.2) is 5.90 Å². The van der Waals surface area contributed by atoms with E-state index in [1.165, 1.54) is 6.92 Å². The third kappa shape index (κ3) is 16.4. The third-order valence-electron chi connectivity index (χ3n) is 4.76. The van der Waals surface area contributed by atoms with Crippen LogP contribution in [0.5, 0.6) is 11.5 Å². The molecule has 0 bridgehead atoms. The van der Waals surface area contributed by atoms with Gasteiger partial charge in [-0.2, -0.15) is 0 Å². The molecule has 0 unspecified atom stereocenters. The van der Waals surface area contributed by atoms with E-state index in [1.54, 1.807) is 83.1 Å². The van der Waals surface area contributed by atoms with E-state index in [4.69, 9.17) is 38.0 Å². The molecule has 0 atom stereocenters. The fourth-order valence-electron chi connectivity index (χ4n) is 2.95. The predicted octanol–water partition coefficient (Wildman–Crippen LogP) is 6.73. The van der Waals surface area contributed by atoms with Crippen LogP contribution in [0.1, 0.15) is 57.5 Å². The Morgan fingerprint density at radius 3 is 1.26 bits per heavy atom. The number of nitrogens with two attached hydrogens (primary N) is 1. The number of hydrogen-bond donors (Lipinski definition) is 3. The molecule has 0 spiro atoms. The highest BCUT2D eigenvalue weighted by molar-refractivity contribution is 7.53. The van der Waals surface area contributed by atoms with Gasteiger partial charge in [0.25, 0.3) is 0 Å². The lowest BCUT2D eigenvalue weighted by molar-refractivity contribution is 0.101. The number of oxime groups is 1. The van der Waals surface area contributed by atoms with Crippen molar-refractivity contribution in [1.29, 1.82) is 0 Å². The van der Waals surface area contributed by atoms with Crippen LogP contribution in [0.4, 0.5) is 0 Å². The molecule has 0 aromatic heterocycles. The zero-order valence-electron chi connectivity index (χ0n) is 24.8. The summed E-state index contributed by atoms with van der Waals surface area (Å²) in [5.74, 6) is 4.55. The van der Waals surface area contributed by atoms with Gasteiger partial charge in [0.1, 0.15) is 11.5 Å². The predicted molar refractivity (Wildman–Crippen MR) is 163 cm³/mol. The molecule has 0 saturated carbocycles. The van der Waals surface area contributed by atoms with Crippen molar-refractivity contribution < 1.29 is 51.9 Å². The summed E-state index contributed by atoms with van der Waals surface area (Å²) in [7, 11) is -6.41. The van der Waals surface area contributed by atoms with Crippen LogP contribution < -0.4 is 15.4 Å². The van der Waals surface area contributed by atoms with E-state index in [0.29, 0.717) is 49.2 Å². The second-order valence-corrected chi connectivity index (χ2v) is 11.7. The first kappa shape index (κ1) is 41.8. The molecular formula is C26H43ClN2O11P2. The Morgan fingerprint density at radius 2 is 1.00 bits per heavy atom. The summed E-state index contributed by atoms with van der Waals surface area (Å²) in [4.78, 5) is 11.1. The highest BCUT2D eigenvalue weighted by Gasteiger charge is 2.25. The first-order valence-electron chi connectivity index (χ1n) is 12.7. The third-order valence-corrected chi connectivity index (χ3v) is 8.26. The van der Waals surface area contributed by atoms with Gasteiger partial charge in [-0.15, -0.1) is 12.4 Å². The minimum atomic E-state index is -3.21. The number of nitrogens with zero attached hydrogens (tertiary/aromatic N) is 1. The molecule has 16 heteroatoms. The zero-order valence-corrected chi connectivity index (χ0v) is 27.4. The minimum Gasteiger partial charge on any atom is -0.481 e. The van der Waals surface area contributed by atoms with Crippen molar-refractivity contribution in [1.82, 2.24) is 0 Å². The molecule has 0 aliphatic heterocycles. The summed E-state index contributed by atoms with van der Waals surface area (Å²) in [6.45, 7) is 11.4. The van der Waals surface area contributed by atoms with Crippen molar-refractivity contribution in [2.24, 2.45) is 11.1 Å². The Bertz CT molecular complexity index is 1110. The van der Waals surface area contributed by atoms with Crippen LogP contribution in [0.25, 0.3) is 0 Å². The lowest BCUT2D eigenvalue weighted by atomic mass is 10.1. The van der Waals surface area contributed by atoms with E-state index in [-0.39, 0.29) is 30.9 Å². The Hall–Kier alpha value is -2.31. The van der Waals surface area contributed by atoms with Crippen molar-refractivity contribution in [2.75, 3.05) is 39.1 Å². The van der Waals surface area contributed by atoms with Gasteiger partial charge in [-0.05, 0) is 95.6 Å². The molecule has 0 radical (unpaired) electrons. The molecule has 0 aliphatic carbocycles. The second kappa shape index (κ2) is 23.2. The van der Waals surface area contributed by atoms with Crippen LogP contribution in [0, 0.1) is 0 Å². The van der Waals surface area contributed by atoms with Gasteiger partial charge in [0.2, 0.25) is 0 Å². The molecule has 0 aliphatic rings. The van der Waals surface area contributed by atoms with Crippen molar-refractivity contribution in [3.05, 3.63) is 59.7 Å². The average molecular weight is 657 g/mol. The number of rotatable bonds is 16. The lowest BCUT2D eigenvalue weighted by Gasteiger charge is -2.17. The van der Waals surface area contributed by atoms with E-state index >= 15 is 0 Å². The van der Waals surface area contributed by atoms with Gasteiger partial charge in [0.15, 0.2) is 18.5 Å². The number of ketones is 1. The number of Topliss-reactive ketones (excluding diaryl/α,β-unsaturated/α-hetero) is 1. The summed E-state index contributed by atoms with van der Waals surface area (Å²) < 4.78 is 55.6. The molecule has 13 nitrogen and oxygen atoms in total. The standard InChI is InChI=1S/C13H20NO5P.C13H19O5P.ClH.H3NO/c1-4-18-20(16,19-5-2)10-17-13-8-6-12(7-9-13)11(3)14-15;1-4-17-19(15,18-5-2)10-16-13-8-6-12(7-9-13)11(3)14;;1-2/h6-9,15H,4-5,10H2,1-3H3;6-9H,4-5,10H2,1-3H3;1H;2H,1H2/b14-11+;;;. The van der Waals surface area contributed by atoms with Crippen molar-refractivity contribution in [3.8, 4) is 11.5 Å². The maximum atomic E-state index is 12.2. The van der Waals surface area contributed by atoms with Gasteiger partial charge in [-0.3, -0.25) is 13.9 Å². The lowest BCUT2D eigenvalue weighted by Crippen LogP contribution is -2.05. The van der Waals surface area contributed by atoms with Crippen molar-refractivity contribution in [2.45, 2.75) is 41.5 Å². The van der Waals surface area contributed by atoms with E-state index in [9.17, 15) is 13.9 Å². The normalized spacial score (nSPS) is 11.2. The molecule has 240 valence electrons. The zero-order chi connectivity index (χ0) is 31.3. The van der Waals surface area contributed by atoms with Crippen LogP contribution in [0.2, 0.25) is 0 Å². The molecule has 42 heavy (non-hydrogen) atoms. The fraction of sp³-hybridized carbons (Fsp3) is 0.462. The van der Waals surface area contributed by atoms with E-state index < -0.39 is 15.2 Å². The van der Waals surface area contributed by atoms with Gasteiger partial charge >= 0.3 is 15.2 Å². The number of ether oxygens (including phenoxy) is 2. The summed E-state index contributed by atoms with van der Waals surface area (Å²) in [6, 6.07) is 13.5. The Kier molecular flexibility index (Phi) is 23.1. The van der Waals surface area contributed by atoms with Gasteiger partial charge < -0.3 is 38.0 Å². The molecule has 4 N–H and O–H groups in total. The maximum Gasteiger partial charge on any atom is 0.367 e. The van der Waals surface area contributed by atoms with Crippen LogP contribution in [0.15, 0.2) is 53.7 Å². The van der Waals surface area contributed by atoms with Gasteiger partial charge in [-0.1, -0.05) is 5.16 Å². The van der Waals surface area contributed by atoms with Crippen molar-refractivity contribution >= 4 is 39.1 Å². The molecule has 2 aromatic carbocycles. The highest BCUT2D eigenvalue weighted by Crippen LogP contribution is 2.48. The first-order chi connectivity index (χ1) is 19.5. The first-order valence-corrected chi connectivity index (χ1v) is 16.2. The van der Waals surface area contributed by atoms with Crippen molar-refractivity contribution in [3.63, 3.8) is 0 Å². The Labute approximate surface area is 253 Å². The maximum absolute atomic E-state index is 12.2. The number of benzene rings is 2. The largest absolute Gasteiger partial charge is 0.481 e. The Balaban J connectivity index is 0.